The van der Waals surface area contributed by atoms with E-state index in [0.717, 1.165) is 5.56 Å². The second-order valence-electron chi connectivity index (χ2n) is 7.56. The number of ketones is 1. The summed E-state index contributed by atoms with van der Waals surface area (Å²) in [6, 6.07) is 5.87. The second-order valence-corrected chi connectivity index (χ2v) is 7.56. The molecule has 144 valence electrons. The molecule has 2 saturated heterocycles. The summed E-state index contributed by atoms with van der Waals surface area (Å²) in [5, 5.41) is 2.87. The predicted octanol–water partition coefficient (Wildman–Crippen LogP) is 2.04. The highest BCUT2D eigenvalue weighted by Crippen LogP contribution is 2.28. The van der Waals surface area contributed by atoms with Gasteiger partial charge in [0.2, 0.25) is 5.91 Å². The van der Waals surface area contributed by atoms with Crippen molar-refractivity contribution in [2.24, 2.45) is 5.92 Å². The smallest absolute Gasteiger partial charge is 0.251 e. The maximum absolute atomic E-state index is 13.1. The van der Waals surface area contributed by atoms with Gasteiger partial charge in [-0.2, -0.15) is 0 Å². The van der Waals surface area contributed by atoms with Crippen LogP contribution < -0.4 is 5.32 Å². The largest absolute Gasteiger partial charge is 0.368 e. The highest BCUT2D eigenvalue weighted by molar-refractivity contribution is 5.99. The van der Waals surface area contributed by atoms with E-state index in [0.29, 0.717) is 24.9 Å². The summed E-state index contributed by atoms with van der Waals surface area (Å²) >= 11 is 0. The zero-order chi connectivity index (χ0) is 19.6. The van der Waals surface area contributed by atoms with E-state index >= 15 is 0 Å². The molecule has 0 bridgehead atoms. The van der Waals surface area contributed by atoms with Gasteiger partial charge in [-0.1, -0.05) is 38.6 Å². The van der Waals surface area contributed by atoms with Gasteiger partial charge in [0.1, 0.15) is 18.7 Å². The van der Waals surface area contributed by atoms with Gasteiger partial charge in [0, 0.05) is 12.1 Å². The first-order valence-corrected chi connectivity index (χ1v) is 9.39. The van der Waals surface area contributed by atoms with Gasteiger partial charge in [-0.3, -0.25) is 14.4 Å². The quantitative estimate of drug-likeness (QED) is 0.831. The third-order valence-corrected chi connectivity index (χ3v) is 5.11. The number of likely N-dealkylation sites (tertiary alicyclic amines) is 1. The number of Topliss-reactive ketones (excluding diaryl/α,β-unsaturated/α-hetero) is 1. The van der Waals surface area contributed by atoms with E-state index in [4.69, 9.17) is 4.74 Å². The number of benzene rings is 1. The molecule has 2 aliphatic heterocycles. The summed E-state index contributed by atoms with van der Waals surface area (Å²) < 4.78 is 5.46. The van der Waals surface area contributed by atoms with Crippen LogP contribution in [0.4, 0.5) is 0 Å². The average Bonchev–Trinajstić information content (AvgIpc) is 3.23. The molecule has 3 unspecified atom stereocenters. The Morgan fingerprint density at radius 1 is 1.33 bits per heavy atom. The van der Waals surface area contributed by atoms with Crippen LogP contribution in [0.15, 0.2) is 30.8 Å². The molecule has 6 heteroatoms. The molecule has 2 aliphatic rings. The standard InChI is InChI=1S/C21H26N2O4/c1-4-14-5-7-15(8-6-14)20(25)22-16(11-13(2)3)21(26)23-10-9-18-19(23)17(24)12-27-18/h4-8,13,16,18-19H,1,9-12H2,2-3H3,(H,22,25). The average molecular weight is 370 g/mol. The van der Waals surface area contributed by atoms with Crippen molar-refractivity contribution < 1.29 is 19.1 Å². The fraction of sp³-hybridized carbons (Fsp3) is 0.476. The summed E-state index contributed by atoms with van der Waals surface area (Å²) in [4.78, 5) is 39.5. The Morgan fingerprint density at radius 2 is 2.04 bits per heavy atom. The van der Waals surface area contributed by atoms with Gasteiger partial charge in [0.15, 0.2) is 5.78 Å². The third-order valence-electron chi connectivity index (χ3n) is 5.11. The van der Waals surface area contributed by atoms with Crippen LogP contribution >= 0.6 is 0 Å². The Morgan fingerprint density at radius 3 is 2.67 bits per heavy atom. The fourth-order valence-electron chi connectivity index (χ4n) is 3.75. The lowest BCUT2D eigenvalue weighted by Crippen LogP contribution is -2.52. The Labute approximate surface area is 159 Å². The predicted molar refractivity (Wildman–Crippen MR) is 102 cm³/mol. The van der Waals surface area contributed by atoms with Gasteiger partial charge >= 0.3 is 0 Å². The van der Waals surface area contributed by atoms with Crippen molar-refractivity contribution in [3.63, 3.8) is 0 Å². The number of nitrogens with one attached hydrogen (secondary N) is 1. The number of amides is 2. The van der Waals surface area contributed by atoms with Crippen LogP contribution in [-0.2, 0) is 14.3 Å². The van der Waals surface area contributed by atoms with Crippen molar-refractivity contribution in [3.05, 3.63) is 42.0 Å². The number of nitrogens with zero attached hydrogens (tertiary/aromatic N) is 1. The van der Waals surface area contributed by atoms with Crippen LogP contribution in [0.2, 0.25) is 0 Å². The Kier molecular flexibility index (Phi) is 5.75. The minimum atomic E-state index is -0.663. The fourth-order valence-corrected chi connectivity index (χ4v) is 3.75. The van der Waals surface area contributed by atoms with E-state index < -0.39 is 12.1 Å². The minimum Gasteiger partial charge on any atom is -0.368 e. The molecule has 2 heterocycles. The topological polar surface area (TPSA) is 75.7 Å². The van der Waals surface area contributed by atoms with Crippen LogP contribution in [0.3, 0.4) is 0 Å². The number of carbonyl (C=O) groups excluding carboxylic acids is 3. The maximum Gasteiger partial charge on any atom is 0.251 e. The normalized spacial score (nSPS) is 22.6. The molecule has 2 amide bonds. The Balaban J connectivity index is 1.74. The van der Waals surface area contributed by atoms with E-state index in [1.807, 2.05) is 13.8 Å². The molecular formula is C21H26N2O4. The first-order chi connectivity index (χ1) is 12.9. The van der Waals surface area contributed by atoms with Gasteiger partial charge in [0.05, 0.1) is 6.10 Å². The molecule has 3 atom stereocenters. The van der Waals surface area contributed by atoms with Crippen molar-refractivity contribution in [2.45, 2.75) is 44.9 Å². The van der Waals surface area contributed by atoms with Crippen molar-refractivity contribution in [3.8, 4) is 0 Å². The van der Waals surface area contributed by atoms with Crippen LogP contribution in [0.1, 0.15) is 42.6 Å². The number of rotatable bonds is 6. The Bertz CT molecular complexity index is 741. The maximum atomic E-state index is 13.1. The third kappa shape index (κ3) is 4.11. The first kappa shape index (κ1) is 19.3. The molecule has 1 aromatic rings. The zero-order valence-electron chi connectivity index (χ0n) is 15.8. The number of carbonyl (C=O) groups is 3. The van der Waals surface area contributed by atoms with Gasteiger partial charge < -0.3 is 15.0 Å². The SMILES string of the molecule is C=Cc1ccc(C(=O)NC(CC(C)C)C(=O)N2CCC3OCC(=O)C32)cc1. The summed E-state index contributed by atoms with van der Waals surface area (Å²) in [6.07, 6.45) is 2.67. The van der Waals surface area contributed by atoms with Crippen LogP contribution in [0, 0.1) is 5.92 Å². The van der Waals surface area contributed by atoms with Gasteiger partial charge in [-0.15, -0.1) is 0 Å². The molecule has 1 N–H and O–H groups in total. The highest BCUT2D eigenvalue weighted by Gasteiger charge is 2.48. The molecule has 0 saturated carbocycles. The summed E-state index contributed by atoms with van der Waals surface area (Å²) in [6.45, 7) is 8.25. The van der Waals surface area contributed by atoms with Gasteiger partial charge in [-0.25, -0.2) is 0 Å². The van der Waals surface area contributed by atoms with E-state index in [9.17, 15) is 14.4 Å². The van der Waals surface area contributed by atoms with E-state index in [1.165, 1.54) is 0 Å². The number of ether oxygens (including phenoxy) is 1. The van der Waals surface area contributed by atoms with Crippen LogP contribution in [0.5, 0.6) is 0 Å². The molecule has 27 heavy (non-hydrogen) atoms. The van der Waals surface area contributed by atoms with Crippen LogP contribution in [-0.4, -0.2) is 53.8 Å². The molecule has 6 nitrogen and oxygen atoms in total. The van der Waals surface area contributed by atoms with Crippen molar-refractivity contribution in [1.29, 1.82) is 0 Å². The lowest BCUT2D eigenvalue weighted by atomic mass is 10.0. The molecule has 3 rings (SSSR count). The Hall–Kier alpha value is -2.47. The van der Waals surface area contributed by atoms with Crippen molar-refractivity contribution in [1.82, 2.24) is 10.2 Å². The number of hydrogen-bond acceptors (Lipinski definition) is 4. The van der Waals surface area contributed by atoms with Crippen LogP contribution in [0.25, 0.3) is 6.08 Å². The molecule has 0 aromatic heterocycles. The molecular weight excluding hydrogens is 344 g/mol. The van der Waals surface area contributed by atoms with Crippen molar-refractivity contribution in [2.75, 3.05) is 13.2 Å². The van der Waals surface area contributed by atoms with Crippen molar-refractivity contribution >= 4 is 23.7 Å². The lowest BCUT2D eigenvalue weighted by Gasteiger charge is -2.28. The number of fused-ring (bicyclic) bond motifs is 1. The second kappa shape index (κ2) is 8.05. The minimum absolute atomic E-state index is 0.0551. The van der Waals surface area contributed by atoms with E-state index in [1.54, 1.807) is 35.2 Å². The van der Waals surface area contributed by atoms with E-state index in [-0.39, 0.29) is 36.2 Å². The molecule has 0 aliphatic carbocycles. The molecule has 0 radical (unpaired) electrons. The van der Waals surface area contributed by atoms with Gasteiger partial charge in [0.25, 0.3) is 5.91 Å². The molecule has 2 fully saturated rings. The monoisotopic (exact) mass is 370 g/mol. The molecule has 1 aromatic carbocycles. The first-order valence-electron chi connectivity index (χ1n) is 9.39. The highest BCUT2D eigenvalue weighted by atomic mass is 16.5. The lowest BCUT2D eigenvalue weighted by molar-refractivity contribution is -0.138. The summed E-state index contributed by atoms with van der Waals surface area (Å²) in [5.74, 6) is -0.336. The summed E-state index contributed by atoms with van der Waals surface area (Å²) in [7, 11) is 0. The zero-order valence-corrected chi connectivity index (χ0v) is 15.8. The summed E-state index contributed by atoms with van der Waals surface area (Å²) in [5.41, 5.74) is 1.41. The van der Waals surface area contributed by atoms with E-state index in [2.05, 4.69) is 11.9 Å². The van der Waals surface area contributed by atoms with Gasteiger partial charge in [-0.05, 0) is 36.5 Å². The molecule has 0 spiro atoms. The number of hydrogen-bond donors (Lipinski definition) is 1.